The summed E-state index contributed by atoms with van der Waals surface area (Å²) in [5.74, 6) is 1.55. The van der Waals surface area contributed by atoms with Gasteiger partial charge >= 0.3 is 0 Å². The number of nitrogens with zero attached hydrogens (tertiary/aromatic N) is 1. The summed E-state index contributed by atoms with van der Waals surface area (Å²) in [7, 11) is 0. The maximum atomic E-state index is 11.7. The third-order valence-corrected chi connectivity index (χ3v) is 3.82. The Labute approximate surface area is 126 Å². The maximum Gasteiger partial charge on any atom is 0.222 e. The van der Waals surface area contributed by atoms with Gasteiger partial charge in [0.1, 0.15) is 5.82 Å². The Morgan fingerprint density at radius 2 is 1.90 bits per heavy atom. The van der Waals surface area contributed by atoms with E-state index in [4.69, 9.17) is 0 Å². The molecule has 1 aromatic heterocycles. The zero-order valence-electron chi connectivity index (χ0n) is 13.3. The summed E-state index contributed by atoms with van der Waals surface area (Å²) in [4.78, 5) is 19.7. The van der Waals surface area contributed by atoms with E-state index in [9.17, 15) is 4.79 Å². The molecule has 1 aromatic carbocycles. The van der Waals surface area contributed by atoms with E-state index in [1.54, 1.807) is 0 Å². The largest absolute Gasteiger partial charge is 0.353 e. The summed E-state index contributed by atoms with van der Waals surface area (Å²) in [6, 6.07) is 8.28. The number of nitrogens with one attached hydrogen (secondary N) is 2. The number of aromatic nitrogens is 2. The van der Waals surface area contributed by atoms with Crippen LogP contribution in [0, 0.1) is 5.92 Å². The minimum absolute atomic E-state index is 0.0419. The molecule has 4 nitrogen and oxygen atoms in total. The van der Waals surface area contributed by atoms with Crippen LogP contribution in [0.2, 0.25) is 0 Å². The second kappa shape index (κ2) is 6.74. The molecule has 2 aromatic rings. The van der Waals surface area contributed by atoms with E-state index < -0.39 is 0 Å². The summed E-state index contributed by atoms with van der Waals surface area (Å²) in [6.07, 6.45) is 1.95. The molecule has 0 bridgehead atoms. The highest BCUT2D eigenvalue weighted by molar-refractivity contribution is 5.78. The smallest absolute Gasteiger partial charge is 0.222 e. The number of carbonyl (C=O) groups excluding carboxylic acids is 1. The van der Waals surface area contributed by atoms with Crippen molar-refractivity contribution in [3.05, 3.63) is 30.1 Å². The highest BCUT2D eigenvalue weighted by Crippen LogP contribution is 2.21. The van der Waals surface area contributed by atoms with Crippen molar-refractivity contribution in [3.63, 3.8) is 0 Å². The van der Waals surface area contributed by atoms with Crippen LogP contribution in [0.4, 0.5) is 0 Å². The van der Waals surface area contributed by atoms with Gasteiger partial charge in [0, 0.05) is 17.9 Å². The molecule has 0 radical (unpaired) electrons. The van der Waals surface area contributed by atoms with Crippen LogP contribution in [-0.4, -0.2) is 21.9 Å². The first kappa shape index (κ1) is 15.5. The van der Waals surface area contributed by atoms with E-state index in [0.717, 1.165) is 29.7 Å². The second-order valence-corrected chi connectivity index (χ2v) is 6.18. The average Bonchev–Trinajstić information content (AvgIpc) is 2.88. The van der Waals surface area contributed by atoms with Crippen molar-refractivity contribution in [1.29, 1.82) is 0 Å². The zero-order chi connectivity index (χ0) is 15.4. The lowest BCUT2D eigenvalue weighted by Crippen LogP contribution is -2.35. The molecule has 0 saturated heterocycles. The van der Waals surface area contributed by atoms with Crippen LogP contribution in [0.25, 0.3) is 11.0 Å². The van der Waals surface area contributed by atoms with Gasteiger partial charge in [-0.3, -0.25) is 4.79 Å². The first-order valence-corrected chi connectivity index (χ1v) is 7.72. The lowest BCUT2D eigenvalue weighted by atomic mass is 10.0. The number of hydrogen-bond donors (Lipinski definition) is 2. The van der Waals surface area contributed by atoms with Crippen LogP contribution in [0.15, 0.2) is 24.3 Å². The number of fused-ring (bicyclic) bond motifs is 1. The van der Waals surface area contributed by atoms with E-state index >= 15 is 0 Å². The molecule has 0 fully saturated rings. The molecule has 4 heteroatoms. The number of amides is 1. The molecule has 2 rings (SSSR count). The van der Waals surface area contributed by atoms with E-state index in [2.05, 4.69) is 29.1 Å². The summed E-state index contributed by atoms with van der Waals surface area (Å²) in [6.45, 7) is 8.07. The quantitative estimate of drug-likeness (QED) is 0.852. The highest BCUT2D eigenvalue weighted by atomic mass is 16.1. The number of benzene rings is 1. The van der Waals surface area contributed by atoms with Gasteiger partial charge in [0.05, 0.1) is 11.0 Å². The number of imidazole rings is 1. The summed E-state index contributed by atoms with van der Waals surface area (Å²) in [5.41, 5.74) is 2.10. The van der Waals surface area contributed by atoms with Gasteiger partial charge < -0.3 is 10.3 Å². The summed E-state index contributed by atoms with van der Waals surface area (Å²) < 4.78 is 0. The maximum absolute atomic E-state index is 11.7. The Morgan fingerprint density at radius 1 is 1.19 bits per heavy atom. The summed E-state index contributed by atoms with van der Waals surface area (Å²) in [5, 5.41) is 3.04. The van der Waals surface area contributed by atoms with Crippen LogP contribution in [0.1, 0.15) is 52.3 Å². The highest BCUT2D eigenvalue weighted by Gasteiger charge is 2.14. The predicted molar refractivity (Wildman–Crippen MR) is 86.2 cm³/mol. The fourth-order valence-corrected chi connectivity index (χ4v) is 2.32. The van der Waals surface area contributed by atoms with Gasteiger partial charge in [0.2, 0.25) is 5.91 Å². The van der Waals surface area contributed by atoms with E-state index in [1.165, 1.54) is 0 Å². The van der Waals surface area contributed by atoms with Crippen molar-refractivity contribution in [2.24, 2.45) is 5.92 Å². The van der Waals surface area contributed by atoms with Crippen LogP contribution in [0.3, 0.4) is 0 Å². The molecular formula is C17H25N3O. The third kappa shape index (κ3) is 4.06. The standard InChI is InChI=1S/C17H25N3O/c1-11(2)17(21)18-13(4)10-9-12(3)16-19-14-7-5-6-8-15(14)20-16/h5-8,11-13H,9-10H2,1-4H3,(H,18,21)(H,19,20). The number of hydrogen-bond acceptors (Lipinski definition) is 2. The van der Waals surface area contributed by atoms with Crippen LogP contribution in [-0.2, 0) is 4.79 Å². The van der Waals surface area contributed by atoms with Crippen molar-refractivity contribution in [2.45, 2.75) is 52.5 Å². The van der Waals surface area contributed by atoms with Crippen LogP contribution in [0.5, 0.6) is 0 Å². The minimum Gasteiger partial charge on any atom is -0.353 e. The monoisotopic (exact) mass is 287 g/mol. The predicted octanol–water partition coefficient (Wildman–Crippen LogP) is 3.61. The minimum atomic E-state index is 0.0419. The van der Waals surface area contributed by atoms with Gasteiger partial charge in [-0.1, -0.05) is 32.9 Å². The first-order valence-electron chi connectivity index (χ1n) is 7.72. The number of rotatable bonds is 6. The Morgan fingerprint density at radius 3 is 2.57 bits per heavy atom. The second-order valence-electron chi connectivity index (χ2n) is 6.18. The molecule has 114 valence electrons. The summed E-state index contributed by atoms with van der Waals surface area (Å²) >= 11 is 0. The fraction of sp³-hybridized carbons (Fsp3) is 0.529. The van der Waals surface area contributed by atoms with E-state index in [0.29, 0.717) is 5.92 Å². The number of para-hydroxylation sites is 2. The van der Waals surface area contributed by atoms with E-state index in [-0.39, 0.29) is 17.9 Å². The topological polar surface area (TPSA) is 57.8 Å². The number of H-pyrrole nitrogens is 1. The average molecular weight is 287 g/mol. The zero-order valence-corrected chi connectivity index (χ0v) is 13.3. The molecule has 1 amide bonds. The molecular weight excluding hydrogens is 262 g/mol. The third-order valence-electron chi connectivity index (χ3n) is 3.82. The van der Waals surface area contributed by atoms with Crippen molar-refractivity contribution in [1.82, 2.24) is 15.3 Å². The fourth-order valence-electron chi connectivity index (χ4n) is 2.32. The molecule has 0 aliphatic rings. The van der Waals surface area contributed by atoms with Gasteiger partial charge in [-0.2, -0.15) is 0 Å². The van der Waals surface area contributed by atoms with Crippen molar-refractivity contribution < 1.29 is 4.79 Å². The van der Waals surface area contributed by atoms with Crippen molar-refractivity contribution in [2.75, 3.05) is 0 Å². The molecule has 2 atom stereocenters. The van der Waals surface area contributed by atoms with Gasteiger partial charge in [-0.15, -0.1) is 0 Å². The molecule has 0 saturated carbocycles. The Bertz CT molecular complexity index is 570. The Kier molecular flexibility index (Phi) is 4.99. The van der Waals surface area contributed by atoms with Gasteiger partial charge in [-0.25, -0.2) is 4.98 Å². The molecule has 2 N–H and O–H groups in total. The first-order chi connectivity index (χ1) is 9.97. The van der Waals surface area contributed by atoms with Crippen LogP contribution < -0.4 is 5.32 Å². The molecule has 0 aliphatic carbocycles. The lowest BCUT2D eigenvalue weighted by Gasteiger charge is -2.17. The molecule has 1 heterocycles. The molecule has 0 aliphatic heterocycles. The molecule has 2 unspecified atom stereocenters. The number of aromatic amines is 1. The van der Waals surface area contributed by atoms with Gasteiger partial charge in [-0.05, 0) is 31.9 Å². The van der Waals surface area contributed by atoms with Crippen molar-refractivity contribution >= 4 is 16.9 Å². The van der Waals surface area contributed by atoms with Crippen molar-refractivity contribution in [3.8, 4) is 0 Å². The van der Waals surface area contributed by atoms with Gasteiger partial charge in [0.25, 0.3) is 0 Å². The lowest BCUT2D eigenvalue weighted by molar-refractivity contribution is -0.124. The molecule has 0 spiro atoms. The van der Waals surface area contributed by atoms with E-state index in [1.807, 2.05) is 38.1 Å². The van der Waals surface area contributed by atoms with Crippen LogP contribution >= 0.6 is 0 Å². The normalized spacial score (nSPS) is 14.3. The number of carbonyl (C=O) groups is 1. The van der Waals surface area contributed by atoms with Gasteiger partial charge in [0.15, 0.2) is 0 Å². The Balaban J connectivity index is 1.89. The Hall–Kier alpha value is -1.84. The molecule has 21 heavy (non-hydrogen) atoms. The SMILES string of the molecule is CC(CCC(C)c1nc2ccccc2[nH]1)NC(=O)C(C)C.